The van der Waals surface area contributed by atoms with Crippen molar-refractivity contribution in [2.45, 2.75) is 20.3 Å². The highest BCUT2D eigenvalue weighted by Crippen LogP contribution is 2.18. The quantitative estimate of drug-likeness (QED) is 0.753. The van der Waals surface area contributed by atoms with E-state index in [9.17, 15) is 4.79 Å². The molecule has 0 aliphatic rings. The van der Waals surface area contributed by atoms with Gasteiger partial charge in [0.05, 0.1) is 11.4 Å². The molecule has 25 heavy (non-hydrogen) atoms. The maximum Gasteiger partial charge on any atom is 0.261 e. The van der Waals surface area contributed by atoms with Crippen molar-refractivity contribution in [3.63, 3.8) is 0 Å². The summed E-state index contributed by atoms with van der Waals surface area (Å²) < 4.78 is 5.13. The SMILES string of the molecule is CCc1noc(C)c1C(=O)Nc1cccc(/C=C/c2ccccn2)c1. The molecule has 3 rings (SSSR count). The first-order valence-corrected chi connectivity index (χ1v) is 8.13. The average Bonchev–Trinajstić information content (AvgIpc) is 3.02. The number of anilines is 1. The summed E-state index contributed by atoms with van der Waals surface area (Å²) in [4.78, 5) is 16.8. The number of hydrogen-bond donors (Lipinski definition) is 1. The molecule has 0 bridgehead atoms. The van der Waals surface area contributed by atoms with Crippen LogP contribution in [0.4, 0.5) is 5.69 Å². The minimum Gasteiger partial charge on any atom is -0.361 e. The molecule has 0 saturated carbocycles. The van der Waals surface area contributed by atoms with Crippen LogP contribution in [-0.2, 0) is 6.42 Å². The molecule has 0 unspecified atom stereocenters. The van der Waals surface area contributed by atoms with Crippen LogP contribution in [0.1, 0.15) is 40.0 Å². The molecule has 0 aliphatic heterocycles. The normalized spacial score (nSPS) is 11.0. The molecule has 0 aliphatic carbocycles. The Hall–Kier alpha value is -3.21. The highest BCUT2D eigenvalue weighted by Gasteiger charge is 2.19. The van der Waals surface area contributed by atoms with E-state index in [2.05, 4.69) is 15.5 Å². The second-order valence-corrected chi connectivity index (χ2v) is 5.58. The lowest BCUT2D eigenvalue weighted by atomic mass is 10.1. The molecular formula is C20H19N3O2. The molecule has 1 aromatic carbocycles. The fraction of sp³-hybridized carbons (Fsp3) is 0.150. The van der Waals surface area contributed by atoms with E-state index in [0.717, 1.165) is 16.9 Å². The largest absolute Gasteiger partial charge is 0.361 e. The number of carbonyl (C=O) groups excluding carboxylic acids is 1. The lowest BCUT2D eigenvalue weighted by molar-refractivity contribution is 0.102. The fourth-order valence-corrected chi connectivity index (χ4v) is 2.52. The third kappa shape index (κ3) is 4.01. The fourth-order valence-electron chi connectivity index (χ4n) is 2.52. The maximum atomic E-state index is 12.5. The molecule has 0 spiro atoms. The van der Waals surface area contributed by atoms with Gasteiger partial charge in [-0.3, -0.25) is 9.78 Å². The van der Waals surface area contributed by atoms with E-state index in [4.69, 9.17) is 4.52 Å². The summed E-state index contributed by atoms with van der Waals surface area (Å²) in [5.41, 5.74) is 3.75. The number of nitrogens with zero attached hydrogens (tertiary/aromatic N) is 2. The van der Waals surface area contributed by atoms with Gasteiger partial charge in [-0.2, -0.15) is 0 Å². The van der Waals surface area contributed by atoms with Crippen LogP contribution >= 0.6 is 0 Å². The molecule has 0 atom stereocenters. The monoisotopic (exact) mass is 333 g/mol. The van der Waals surface area contributed by atoms with Crippen LogP contribution in [0, 0.1) is 6.92 Å². The highest BCUT2D eigenvalue weighted by atomic mass is 16.5. The Morgan fingerprint density at radius 3 is 2.84 bits per heavy atom. The minimum atomic E-state index is -0.207. The summed E-state index contributed by atoms with van der Waals surface area (Å²) in [6, 6.07) is 13.4. The zero-order valence-electron chi connectivity index (χ0n) is 14.2. The zero-order valence-corrected chi connectivity index (χ0v) is 14.2. The molecule has 0 radical (unpaired) electrons. The Labute approximate surface area is 146 Å². The van der Waals surface area contributed by atoms with E-state index in [-0.39, 0.29) is 5.91 Å². The Bertz CT molecular complexity index is 898. The molecule has 5 nitrogen and oxygen atoms in total. The van der Waals surface area contributed by atoms with Crippen LogP contribution in [-0.4, -0.2) is 16.0 Å². The number of aromatic nitrogens is 2. The Balaban J connectivity index is 1.77. The van der Waals surface area contributed by atoms with Crippen LogP contribution in [0.3, 0.4) is 0 Å². The zero-order chi connectivity index (χ0) is 17.6. The maximum absolute atomic E-state index is 12.5. The first-order valence-electron chi connectivity index (χ1n) is 8.13. The van der Waals surface area contributed by atoms with Gasteiger partial charge in [0.2, 0.25) is 0 Å². The number of aryl methyl sites for hydroxylation is 2. The van der Waals surface area contributed by atoms with Crippen molar-refractivity contribution < 1.29 is 9.32 Å². The van der Waals surface area contributed by atoms with Crippen LogP contribution < -0.4 is 5.32 Å². The Kier molecular flexibility index (Phi) is 5.04. The predicted molar refractivity (Wildman–Crippen MR) is 98.2 cm³/mol. The molecular weight excluding hydrogens is 314 g/mol. The van der Waals surface area contributed by atoms with Crippen molar-refractivity contribution in [1.82, 2.24) is 10.1 Å². The van der Waals surface area contributed by atoms with Gasteiger partial charge in [-0.15, -0.1) is 0 Å². The van der Waals surface area contributed by atoms with Gasteiger partial charge in [0.25, 0.3) is 5.91 Å². The van der Waals surface area contributed by atoms with Gasteiger partial charge in [-0.25, -0.2) is 0 Å². The first kappa shape index (κ1) is 16.6. The average molecular weight is 333 g/mol. The predicted octanol–water partition coefficient (Wildman–Crippen LogP) is 4.36. The molecule has 5 heteroatoms. The van der Waals surface area contributed by atoms with Crippen molar-refractivity contribution in [2.75, 3.05) is 5.32 Å². The number of benzene rings is 1. The third-order valence-corrected chi connectivity index (χ3v) is 3.77. The summed E-state index contributed by atoms with van der Waals surface area (Å²) >= 11 is 0. The third-order valence-electron chi connectivity index (χ3n) is 3.77. The van der Waals surface area contributed by atoms with E-state index < -0.39 is 0 Å². The van der Waals surface area contributed by atoms with E-state index in [0.29, 0.717) is 23.4 Å². The summed E-state index contributed by atoms with van der Waals surface area (Å²) in [7, 11) is 0. The van der Waals surface area contributed by atoms with Gasteiger partial charge in [-0.1, -0.05) is 36.4 Å². The summed E-state index contributed by atoms with van der Waals surface area (Å²) in [6.07, 6.45) is 6.29. The van der Waals surface area contributed by atoms with Crippen molar-refractivity contribution in [2.24, 2.45) is 0 Å². The second kappa shape index (κ2) is 7.57. The topological polar surface area (TPSA) is 68.0 Å². The van der Waals surface area contributed by atoms with E-state index in [1.807, 2.05) is 61.5 Å². The lowest BCUT2D eigenvalue weighted by Crippen LogP contribution is -2.14. The summed E-state index contributed by atoms with van der Waals surface area (Å²) in [6.45, 7) is 3.68. The van der Waals surface area contributed by atoms with E-state index in [1.165, 1.54) is 0 Å². The van der Waals surface area contributed by atoms with Crippen LogP contribution in [0.25, 0.3) is 12.2 Å². The van der Waals surface area contributed by atoms with Gasteiger partial charge in [0.1, 0.15) is 11.3 Å². The molecule has 3 aromatic rings. The van der Waals surface area contributed by atoms with E-state index in [1.54, 1.807) is 13.1 Å². The molecule has 0 saturated heterocycles. The molecule has 0 fully saturated rings. The molecule has 1 N–H and O–H groups in total. The molecule has 2 aromatic heterocycles. The van der Waals surface area contributed by atoms with Crippen molar-refractivity contribution in [3.05, 3.63) is 76.9 Å². The van der Waals surface area contributed by atoms with Crippen molar-refractivity contribution in [1.29, 1.82) is 0 Å². The minimum absolute atomic E-state index is 0.207. The number of nitrogens with one attached hydrogen (secondary N) is 1. The van der Waals surface area contributed by atoms with Gasteiger partial charge in [0.15, 0.2) is 0 Å². The summed E-state index contributed by atoms with van der Waals surface area (Å²) in [5.74, 6) is 0.321. The summed E-state index contributed by atoms with van der Waals surface area (Å²) in [5, 5.41) is 6.83. The van der Waals surface area contributed by atoms with Crippen LogP contribution in [0.2, 0.25) is 0 Å². The number of pyridine rings is 1. The van der Waals surface area contributed by atoms with Gasteiger partial charge < -0.3 is 9.84 Å². The Morgan fingerprint density at radius 2 is 2.08 bits per heavy atom. The smallest absolute Gasteiger partial charge is 0.261 e. The lowest BCUT2D eigenvalue weighted by Gasteiger charge is -2.06. The number of amides is 1. The van der Waals surface area contributed by atoms with Crippen LogP contribution in [0.15, 0.2) is 53.2 Å². The second-order valence-electron chi connectivity index (χ2n) is 5.58. The van der Waals surface area contributed by atoms with Gasteiger partial charge >= 0.3 is 0 Å². The van der Waals surface area contributed by atoms with Crippen LogP contribution in [0.5, 0.6) is 0 Å². The first-order chi connectivity index (χ1) is 12.2. The number of rotatable bonds is 5. The van der Waals surface area contributed by atoms with Crippen molar-refractivity contribution in [3.8, 4) is 0 Å². The Morgan fingerprint density at radius 1 is 1.20 bits per heavy atom. The molecule has 2 heterocycles. The van der Waals surface area contributed by atoms with Crippen molar-refractivity contribution >= 4 is 23.7 Å². The van der Waals surface area contributed by atoms with Gasteiger partial charge in [0, 0.05) is 11.9 Å². The standard InChI is InChI=1S/C20H19N3O2/c1-3-18-19(14(2)25-23-18)20(24)22-17-9-6-7-15(13-17)10-11-16-8-4-5-12-21-16/h4-13H,3H2,1-2H3,(H,22,24)/b11-10+. The molecule has 1 amide bonds. The molecule has 126 valence electrons. The number of carbonyl (C=O) groups is 1. The highest BCUT2D eigenvalue weighted by molar-refractivity contribution is 6.05. The number of hydrogen-bond acceptors (Lipinski definition) is 4. The van der Waals surface area contributed by atoms with Gasteiger partial charge in [-0.05, 0) is 49.2 Å². The van der Waals surface area contributed by atoms with E-state index >= 15 is 0 Å².